The van der Waals surface area contributed by atoms with Gasteiger partial charge >= 0.3 is 0 Å². The minimum atomic E-state index is 0.268. The van der Waals surface area contributed by atoms with Crippen LogP contribution in [0.4, 0.5) is 0 Å². The molecular weight excluding hydrogens is 246 g/mol. The van der Waals surface area contributed by atoms with Crippen LogP contribution in [0.2, 0.25) is 0 Å². The van der Waals surface area contributed by atoms with E-state index < -0.39 is 0 Å². The van der Waals surface area contributed by atoms with Crippen molar-refractivity contribution >= 4 is 10.8 Å². The Balaban J connectivity index is 1.97. The molecule has 0 fully saturated rings. The van der Waals surface area contributed by atoms with Crippen molar-refractivity contribution in [2.24, 2.45) is 0 Å². The smallest absolute Gasteiger partial charge is 0.0433 e. The molecule has 0 aromatic heterocycles. The van der Waals surface area contributed by atoms with E-state index in [2.05, 4.69) is 66.9 Å². The fraction of sp³-hybridized carbons (Fsp3) is 0.333. The molecular formula is C18H23NO. The molecule has 0 saturated carbocycles. The molecule has 0 aliphatic rings. The molecule has 20 heavy (non-hydrogen) atoms. The number of benzene rings is 2. The molecule has 1 atom stereocenters. The highest BCUT2D eigenvalue weighted by molar-refractivity contribution is 5.86. The zero-order valence-corrected chi connectivity index (χ0v) is 12.0. The maximum absolute atomic E-state index is 8.71. The van der Waals surface area contributed by atoms with E-state index in [0.29, 0.717) is 6.04 Å². The lowest BCUT2D eigenvalue weighted by atomic mass is 10.00. The van der Waals surface area contributed by atoms with Crippen LogP contribution < -0.4 is 5.32 Å². The number of aliphatic hydroxyl groups is 1. The number of aliphatic hydroxyl groups excluding tert-OH is 1. The molecule has 0 radical (unpaired) electrons. The molecule has 0 aliphatic heterocycles. The lowest BCUT2D eigenvalue weighted by Crippen LogP contribution is -2.18. The SMILES string of the molecule is C[C@@H](NC/C=C/CCCO)c1cccc2ccccc12. The zero-order valence-electron chi connectivity index (χ0n) is 12.0. The number of hydrogen-bond donors (Lipinski definition) is 2. The molecule has 0 unspecified atom stereocenters. The summed E-state index contributed by atoms with van der Waals surface area (Å²) in [6.45, 7) is 3.32. The van der Waals surface area contributed by atoms with Crippen molar-refractivity contribution in [1.29, 1.82) is 0 Å². The van der Waals surface area contributed by atoms with Crippen molar-refractivity contribution in [3.8, 4) is 0 Å². The molecule has 0 spiro atoms. The maximum atomic E-state index is 8.71. The maximum Gasteiger partial charge on any atom is 0.0433 e. The van der Waals surface area contributed by atoms with Crippen LogP contribution >= 0.6 is 0 Å². The van der Waals surface area contributed by atoms with Gasteiger partial charge < -0.3 is 10.4 Å². The largest absolute Gasteiger partial charge is 0.396 e. The monoisotopic (exact) mass is 269 g/mol. The molecule has 2 N–H and O–H groups in total. The van der Waals surface area contributed by atoms with Gasteiger partial charge in [0.1, 0.15) is 0 Å². The van der Waals surface area contributed by atoms with Crippen molar-refractivity contribution in [2.45, 2.75) is 25.8 Å². The van der Waals surface area contributed by atoms with Crippen LogP contribution in [0.25, 0.3) is 10.8 Å². The molecule has 0 aliphatic carbocycles. The number of rotatable bonds is 7. The van der Waals surface area contributed by atoms with Crippen LogP contribution in [0.5, 0.6) is 0 Å². The van der Waals surface area contributed by atoms with Gasteiger partial charge in [-0.2, -0.15) is 0 Å². The van der Waals surface area contributed by atoms with Gasteiger partial charge in [-0.3, -0.25) is 0 Å². The Labute approximate surface area is 121 Å². The van der Waals surface area contributed by atoms with Gasteiger partial charge in [-0.05, 0) is 36.1 Å². The molecule has 0 heterocycles. The number of hydrogen-bond acceptors (Lipinski definition) is 2. The van der Waals surface area contributed by atoms with E-state index in [1.54, 1.807) is 0 Å². The summed E-state index contributed by atoms with van der Waals surface area (Å²) < 4.78 is 0. The average molecular weight is 269 g/mol. The minimum Gasteiger partial charge on any atom is -0.396 e. The number of fused-ring (bicyclic) bond motifs is 1. The van der Waals surface area contributed by atoms with E-state index >= 15 is 0 Å². The molecule has 2 aromatic carbocycles. The molecule has 0 bridgehead atoms. The molecule has 2 aromatic rings. The van der Waals surface area contributed by atoms with E-state index in [-0.39, 0.29) is 6.61 Å². The Bertz CT molecular complexity index is 557. The Morgan fingerprint density at radius 2 is 1.90 bits per heavy atom. The van der Waals surface area contributed by atoms with Crippen LogP contribution in [0.3, 0.4) is 0 Å². The summed E-state index contributed by atoms with van der Waals surface area (Å²) in [6.07, 6.45) is 6.05. The van der Waals surface area contributed by atoms with E-state index in [1.165, 1.54) is 16.3 Å². The molecule has 2 nitrogen and oxygen atoms in total. The van der Waals surface area contributed by atoms with E-state index in [0.717, 1.165) is 19.4 Å². The zero-order chi connectivity index (χ0) is 14.2. The Morgan fingerprint density at radius 3 is 2.75 bits per heavy atom. The number of allylic oxidation sites excluding steroid dienone is 1. The Hall–Kier alpha value is -1.64. The van der Waals surface area contributed by atoms with Crippen molar-refractivity contribution in [3.05, 3.63) is 60.2 Å². The summed E-state index contributed by atoms with van der Waals surface area (Å²) in [5.41, 5.74) is 1.34. The summed E-state index contributed by atoms with van der Waals surface area (Å²) in [5.74, 6) is 0. The van der Waals surface area contributed by atoms with E-state index in [4.69, 9.17) is 5.11 Å². The molecule has 2 rings (SSSR count). The second-order valence-corrected chi connectivity index (χ2v) is 5.04. The van der Waals surface area contributed by atoms with Gasteiger partial charge in [0.2, 0.25) is 0 Å². The predicted octanol–water partition coefficient (Wildman–Crippen LogP) is 3.82. The van der Waals surface area contributed by atoms with E-state index in [9.17, 15) is 0 Å². The molecule has 2 heteroatoms. The topological polar surface area (TPSA) is 32.3 Å². The minimum absolute atomic E-state index is 0.268. The second-order valence-electron chi connectivity index (χ2n) is 5.04. The lowest BCUT2D eigenvalue weighted by Gasteiger charge is -2.15. The van der Waals surface area contributed by atoms with Gasteiger partial charge in [0.25, 0.3) is 0 Å². The average Bonchev–Trinajstić information content (AvgIpc) is 2.50. The molecule has 0 saturated heterocycles. The highest BCUT2D eigenvalue weighted by Crippen LogP contribution is 2.23. The van der Waals surface area contributed by atoms with Gasteiger partial charge in [0.15, 0.2) is 0 Å². The highest BCUT2D eigenvalue weighted by atomic mass is 16.2. The van der Waals surface area contributed by atoms with Crippen LogP contribution in [-0.2, 0) is 0 Å². The lowest BCUT2D eigenvalue weighted by molar-refractivity contribution is 0.289. The van der Waals surface area contributed by atoms with E-state index in [1.807, 2.05) is 0 Å². The summed E-state index contributed by atoms with van der Waals surface area (Å²) >= 11 is 0. The Morgan fingerprint density at radius 1 is 1.10 bits per heavy atom. The summed E-state index contributed by atoms with van der Waals surface area (Å²) in [5, 5.41) is 14.8. The first-order chi connectivity index (χ1) is 9.83. The third-order valence-corrected chi connectivity index (χ3v) is 3.53. The summed E-state index contributed by atoms with van der Waals surface area (Å²) in [7, 11) is 0. The first-order valence-electron chi connectivity index (χ1n) is 7.30. The fourth-order valence-corrected chi connectivity index (χ4v) is 2.39. The third kappa shape index (κ3) is 3.92. The normalized spacial score (nSPS) is 13.1. The van der Waals surface area contributed by atoms with Crippen molar-refractivity contribution in [2.75, 3.05) is 13.2 Å². The number of unbranched alkanes of at least 4 members (excludes halogenated alkanes) is 1. The quantitative estimate of drug-likeness (QED) is 0.591. The highest BCUT2D eigenvalue weighted by Gasteiger charge is 2.07. The van der Waals surface area contributed by atoms with Gasteiger partial charge in [-0.15, -0.1) is 0 Å². The van der Waals surface area contributed by atoms with Crippen LogP contribution in [0, 0.1) is 0 Å². The first kappa shape index (κ1) is 14.8. The second kappa shape index (κ2) is 7.83. The fourth-order valence-electron chi connectivity index (χ4n) is 2.39. The van der Waals surface area contributed by atoms with Gasteiger partial charge in [0, 0.05) is 19.2 Å². The third-order valence-electron chi connectivity index (χ3n) is 3.53. The van der Waals surface area contributed by atoms with Crippen LogP contribution in [0.15, 0.2) is 54.6 Å². The molecule has 0 amide bonds. The van der Waals surface area contributed by atoms with Crippen LogP contribution in [0.1, 0.15) is 31.4 Å². The van der Waals surface area contributed by atoms with Crippen molar-refractivity contribution in [3.63, 3.8) is 0 Å². The van der Waals surface area contributed by atoms with Gasteiger partial charge in [-0.25, -0.2) is 0 Å². The molecule has 106 valence electrons. The Kier molecular flexibility index (Phi) is 5.78. The standard InChI is InChI=1S/C18H23NO/c1-15(19-13-6-2-3-7-14-20)17-12-8-10-16-9-4-5-11-18(16)17/h2,4-6,8-12,15,19-20H,3,7,13-14H2,1H3/b6-2+/t15-/m1/s1. The number of nitrogens with one attached hydrogen (secondary N) is 1. The van der Waals surface area contributed by atoms with Crippen molar-refractivity contribution < 1.29 is 5.11 Å². The van der Waals surface area contributed by atoms with Crippen molar-refractivity contribution in [1.82, 2.24) is 5.32 Å². The first-order valence-corrected chi connectivity index (χ1v) is 7.30. The summed E-state index contributed by atoms with van der Waals surface area (Å²) in [4.78, 5) is 0. The van der Waals surface area contributed by atoms with Crippen LogP contribution in [-0.4, -0.2) is 18.3 Å². The predicted molar refractivity (Wildman–Crippen MR) is 85.8 cm³/mol. The van der Waals surface area contributed by atoms with Gasteiger partial charge in [0.05, 0.1) is 0 Å². The summed E-state index contributed by atoms with van der Waals surface area (Å²) in [6, 6.07) is 15.3. The van der Waals surface area contributed by atoms with Gasteiger partial charge in [-0.1, -0.05) is 54.6 Å².